The number of hydrogen-bond acceptors (Lipinski definition) is 7. The summed E-state index contributed by atoms with van der Waals surface area (Å²) in [5, 5.41) is 17.5. The number of amides is 1. The summed E-state index contributed by atoms with van der Waals surface area (Å²) < 4.78 is 36.6. The first-order chi connectivity index (χ1) is 12.0. The maximum atomic E-state index is 12.7. The van der Waals surface area contributed by atoms with Crippen LogP contribution in [0.3, 0.4) is 0 Å². The standard InChI is InChI=1S/C15H23BN2O7S/c1-15(2,3)24-14(19)17-8-10-18(11-9-17)26(22,23)13-6-4-12(5-7-13)25-16(20)21/h4-7,20-21H,8-11H2,1-3H3. The van der Waals surface area contributed by atoms with Crippen LogP contribution in [-0.4, -0.2) is 72.9 Å². The topological polar surface area (TPSA) is 117 Å². The van der Waals surface area contributed by atoms with Crippen molar-refractivity contribution in [2.75, 3.05) is 26.2 Å². The fraction of sp³-hybridized carbons (Fsp3) is 0.533. The van der Waals surface area contributed by atoms with Gasteiger partial charge in [-0.3, -0.25) is 0 Å². The number of piperazine rings is 1. The second-order valence-electron chi connectivity index (χ2n) is 6.79. The number of ether oxygens (including phenoxy) is 1. The maximum absolute atomic E-state index is 12.7. The predicted octanol–water partition coefficient (Wildman–Crippen LogP) is 0.276. The van der Waals surface area contributed by atoms with Crippen molar-refractivity contribution < 1.29 is 32.7 Å². The van der Waals surface area contributed by atoms with E-state index in [0.29, 0.717) is 0 Å². The first kappa shape index (κ1) is 20.5. The zero-order valence-corrected chi connectivity index (χ0v) is 15.8. The molecule has 2 N–H and O–H groups in total. The molecule has 1 amide bonds. The van der Waals surface area contributed by atoms with Crippen LogP contribution in [0, 0.1) is 0 Å². The lowest BCUT2D eigenvalue weighted by atomic mass is 10.2. The molecule has 2 rings (SSSR count). The summed E-state index contributed by atoms with van der Waals surface area (Å²) in [7, 11) is -5.69. The van der Waals surface area contributed by atoms with E-state index in [2.05, 4.69) is 4.65 Å². The average molecular weight is 386 g/mol. The minimum atomic E-state index is -3.72. The SMILES string of the molecule is CC(C)(C)OC(=O)N1CCN(S(=O)(=O)c2ccc(OB(O)O)cc2)CC1. The Balaban J connectivity index is 2.00. The van der Waals surface area contributed by atoms with Crippen molar-refractivity contribution in [2.45, 2.75) is 31.3 Å². The van der Waals surface area contributed by atoms with Gasteiger partial charge in [-0.1, -0.05) is 0 Å². The maximum Gasteiger partial charge on any atom is 0.707 e. The van der Waals surface area contributed by atoms with E-state index in [4.69, 9.17) is 14.8 Å². The molecule has 1 fully saturated rings. The van der Waals surface area contributed by atoms with Crippen molar-refractivity contribution in [1.29, 1.82) is 0 Å². The molecule has 0 aromatic heterocycles. The summed E-state index contributed by atoms with van der Waals surface area (Å²) in [5.74, 6) is 0.133. The summed E-state index contributed by atoms with van der Waals surface area (Å²) in [6, 6.07) is 5.33. The zero-order chi connectivity index (χ0) is 19.5. The number of benzene rings is 1. The van der Waals surface area contributed by atoms with Crippen molar-refractivity contribution in [3.63, 3.8) is 0 Å². The highest BCUT2D eigenvalue weighted by Crippen LogP contribution is 2.21. The van der Waals surface area contributed by atoms with Crippen molar-refractivity contribution in [3.8, 4) is 5.75 Å². The first-order valence-electron chi connectivity index (χ1n) is 8.10. The van der Waals surface area contributed by atoms with E-state index in [0.717, 1.165) is 0 Å². The number of hydrogen-bond donors (Lipinski definition) is 2. The first-order valence-corrected chi connectivity index (χ1v) is 9.54. The van der Waals surface area contributed by atoms with E-state index in [1.807, 2.05) is 0 Å². The van der Waals surface area contributed by atoms with Gasteiger partial charge < -0.3 is 24.3 Å². The van der Waals surface area contributed by atoms with Gasteiger partial charge >= 0.3 is 13.4 Å². The molecule has 1 aliphatic heterocycles. The average Bonchev–Trinajstić information content (AvgIpc) is 2.53. The summed E-state index contributed by atoms with van der Waals surface area (Å²) >= 11 is 0. The minimum absolute atomic E-state index is 0.0583. The third-order valence-corrected chi connectivity index (χ3v) is 5.51. The smallest absolute Gasteiger partial charge is 0.512 e. The summed E-state index contributed by atoms with van der Waals surface area (Å²) in [6.07, 6.45) is -0.460. The van der Waals surface area contributed by atoms with E-state index in [9.17, 15) is 13.2 Å². The van der Waals surface area contributed by atoms with Crippen LogP contribution in [0.15, 0.2) is 29.2 Å². The van der Waals surface area contributed by atoms with Gasteiger partial charge in [-0.15, -0.1) is 0 Å². The van der Waals surface area contributed by atoms with Crippen LogP contribution in [0.5, 0.6) is 5.75 Å². The van der Waals surface area contributed by atoms with E-state index < -0.39 is 29.0 Å². The normalized spacial score (nSPS) is 16.3. The quantitative estimate of drug-likeness (QED) is 0.714. The lowest BCUT2D eigenvalue weighted by Crippen LogP contribution is -2.51. The molecule has 11 heteroatoms. The van der Waals surface area contributed by atoms with E-state index in [1.54, 1.807) is 20.8 Å². The molecule has 0 aliphatic carbocycles. The highest BCUT2D eigenvalue weighted by Gasteiger charge is 2.32. The summed E-state index contributed by atoms with van der Waals surface area (Å²) in [6.45, 7) is 6.13. The summed E-state index contributed by atoms with van der Waals surface area (Å²) in [4.78, 5) is 13.6. The van der Waals surface area contributed by atoms with Gasteiger partial charge in [0.1, 0.15) is 11.4 Å². The van der Waals surface area contributed by atoms with E-state index in [1.165, 1.54) is 33.5 Å². The Morgan fingerprint density at radius 3 is 2.08 bits per heavy atom. The fourth-order valence-electron chi connectivity index (χ4n) is 2.40. The van der Waals surface area contributed by atoms with Gasteiger partial charge in [0, 0.05) is 26.2 Å². The lowest BCUT2D eigenvalue weighted by Gasteiger charge is -2.34. The van der Waals surface area contributed by atoms with Crippen LogP contribution in [0.1, 0.15) is 20.8 Å². The molecule has 1 heterocycles. The Morgan fingerprint density at radius 1 is 1.08 bits per heavy atom. The highest BCUT2D eigenvalue weighted by atomic mass is 32.2. The van der Waals surface area contributed by atoms with Gasteiger partial charge in [0.05, 0.1) is 4.90 Å². The lowest BCUT2D eigenvalue weighted by molar-refractivity contribution is 0.0192. The van der Waals surface area contributed by atoms with Crippen molar-refractivity contribution in [1.82, 2.24) is 9.21 Å². The Morgan fingerprint density at radius 2 is 1.62 bits per heavy atom. The molecule has 0 atom stereocenters. The van der Waals surface area contributed by atoms with E-state index in [-0.39, 0.29) is 36.8 Å². The molecule has 0 radical (unpaired) electrons. The second kappa shape index (κ2) is 7.83. The Kier molecular flexibility index (Phi) is 6.17. The van der Waals surface area contributed by atoms with Gasteiger partial charge in [0.2, 0.25) is 10.0 Å². The van der Waals surface area contributed by atoms with Crippen molar-refractivity contribution >= 4 is 23.4 Å². The van der Waals surface area contributed by atoms with Gasteiger partial charge in [-0.2, -0.15) is 4.31 Å². The minimum Gasteiger partial charge on any atom is -0.512 e. The van der Waals surface area contributed by atoms with Gasteiger partial charge in [-0.25, -0.2) is 13.2 Å². The molecular formula is C15H23BN2O7S. The molecule has 9 nitrogen and oxygen atoms in total. The monoisotopic (exact) mass is 386 g/mol. The highest BCUT2D eigenvalue weighted by molar-refractivity contribution is 7.89. The largest absolute Gasteiger partial charge is 0.707 e. The van der Waals surface area contributed by atoms with Gasteiger partial charge in [-0.05, 0) is 45.0 Å². The van der Waals surface area contributed by atoms with Gasteiger partial charge in [0.25, 0.3) is 0 Å². The number of sulfonamides is 1. The van der Waals surface area contributed by atoms with Crippen LogP contribution >= 0.6 is 0 Å². The fourth-order valence-corrected chi connectivity index (χ4v) is 3.82. The third kappa shape index (κ3) is 5.34. The second-order valence-corrected chi connectivity index (χ2v) is 8.72. The molecule has 0 saturated carbocycles. The van der Waals surface area contributed by atoms with Crippen LogP contribution in [0.2, 0.25) is 0 Å². The number of rotatable bonds is 4. The third-order valence-electron chi connectivity index (χ3n) is 3.59. The molecule has 0 unspecified atom stereocenters. The molecule has 0 bridgehead atoms. The molecule has 1 aliphatic rings. The number of carbonyl (C=O) groups excluding carboxylic acids is 1. The Bertz CT molecular complexity index is 723. The van der Waals surface area contributed by atoms with Crippen LogP contribution in [0.25, 0.3) is 0 Å². The van der Waals surface area contributed by atoms with Crippen molar-refractivity contribution in [3.05, 3.63) is 24.3 Å². The number of nitrogens with zero attached hydrogens (tertiary/aromatic N) is 2. The van der Waals surface area contributed by atoms with Gasteiger partial charge in [0.15, 0.2) is 0 Å². The molecule has 1 aromatic rings. The molecular weight excluding hydrogens is 363 g/mol. The molecule has 0 spiro atoms. The number of carbonyl (C=O) groups is 1. The molecule has 144 valence electrons. The molecule has 26 heavy (non-hydrogen) atoms. The predicted molar refractivity (Wildman–Crippen MR) is 93.8 cm³/mol. The van der Waals surface area contributed by atoms with E-state index >= 15 is 0 Å². The van der Waals surface area contributed by atoms with Crippen LogP contribution in [-0.2, 0) is 14.8 Å². The Hall–Kier alpha value is -1.82. The summed E-state index contributed by atoms with van der Waals surface area (Å²) in [5.41, 5.74) is -0.605. The van der Waals surface area contributed by atoms with Crippen LogP contribution < -0.4 is 4.65 Å². The molecule has 1 aromatic carbocycles. The van der Waals surface area contributed by atoms with Crippen molar-refractivity contribution in [2.24, 2.45) is 0 Å². The molecule has 1 saturated heterocycles. The Labute approximate surface area is 153 Å². The van der Waals surface area contributed by atoms with Crippen LogP contribution in [0.4, 0.5) is 4.79 Å². The zero-order valence-electron chi connectivity index (χ0n) is 15.0.